The zero-order chi connectivity index (χ0) is 18.9. The third-order valence-electron chi connectivity index (χ3n) is 3.05. The molecule has 0 aromatic heterocycles. The molecule has 0 unspecified atom stereocenters. The van der Waals surface area contributed by atoms with Crippen LogP contribution in [-0.2, 0) is 9.84 Å². The van der Waals surface area contributed by atoms with Crippen LogP contribution >= 0.6 is 0 Å². The molecular formula is C15H23N5O4S. The van der Waals surface area contributed by atoms with Crippen LogP contribution in [0.3, 0.4) is 0 Å². The number of sulfone groups is 1. The molecule has 1 aromatic rings. The molecule has 0 heterocycles. The Labute approximate surface area is 147 Å². The maximum Gasteiger partial charge on any atom is 0.293 e. The Morgan fingerprint density at radius 2 is 2.12 bits per heavy atom. The molecule has 0 saturated heterocycles. The van der Waals surface area contributed by atoms with Gasteiger partial charge in [-0.15, -0.1) is 6.58 Å². The molecule has 0 aliphatic rings. The highest BCUT2D eigenvalue weighted by molar-refractivity contribution is 7.90. The predicted octanol–water partition coefficient (Wildman–Crippen LogP) is 1.15. The molecule has 1 rings (SSSR count). The van der Waals surface area contributed by atoms with Gasteiger partial charge in [-0.25, -0.2) is 8.42 Å². The first-order chi connectivity index (χ1) is 11.8. The number of aliphatic imine (C=N–C) groups is 1. The van der Waals surface area contributed by atoms with Crippen molar-refractivity contribution in [1.29, 1.82) is 0 Å². The van der Waals surface area contributed by atoms with Crippen LogP contribution in [0.25, 0.3) is 0 Å². The van der Waals surface area contributed by atoms with Crippen LogP contribution in [-0.4, -0.2) is 51.7 Å². The second kappa shape index (κ2) is 9.62. The van der Waals surface area contributed by atoms with Gasteiger partial charge in [0.2, 0.25) is 0 Å². The molecule has 0 aliphatic carbocycles. The van der Waals surface area contributed by atoms with E-state index in [1.54, 1.807) is 6.08 Å². The highest BCUT2D eigenvalue weighted by Crippen LogP contribution is 2.27. The van der Waals surface area contributed by atoms with Crippen LogP contribution in [0.5, 0.6) is 0 Å². The van der Waals surface area contributed by atoms with Gasteiger partial charge in [0.25, 0.3) is 5.69 Å². The van der Waals surface area contributed by atoms with E-state index < -0.39 is 14.8 Å². The van der Waals surface area contributed by atoms with Crippen molar-refractivity contribution in [3.63, 3.8) is 0 Å². The molecule has 0 saturated carbocycles. The van der Waals surface area contributed by atoms with Crippen molar-refractivity contribution >= 4 is 27.2 Å². The van der Waals surface area contributed by atoms with E-state index in [9.17, 15) is 18.5 Å². The first-order valence-electron chi connectivity index (χ1n) is 7.65. The minimum absolute atomic E-state index is 0.0918. The van der Waals surface area contributed by atoms with Crippen molar-refractivity contribution in [3.8, 4) is 0 Å². The monoisotopic (exact) mass is 369 g/mol. The predicted molar refractivity (Wildman–Crippen MR) is 98.9 cm³/mol. The third-order valence-corrected chi connectivity index (χ3v) is 4.16. The van der Waals surface area contributed by atoms with E-state index >= 15 is 0 Å². The minimum atomic E-state index is -3.51. The minimum Gasteiger partial charge on any atom is -0.378 e. The Hall–Kier alpha value is -2.62. The van der Waals surface area contributed by atoms with Crippen molar-refractivity contribution < 1.29 is 13.3 Å². The zero-order valence-electron chi connectivity index (χ0n) is 14.3. The quantitative estimate of drug-likeness (QED) is 0.149. The van der Waals surface area contributed by atoms with Crippen molar-refractivity contribution in [3.05, 3.63) is 41.0 Å². The lowest BCUT2D eigenvalue weighted by atomic mass is 10.2. The topological polar surface area (TPSA) is 126 Å². The molecule has 0 amide bonds. The highest BCUT2D eigenvalue weighted by atomic mass is 32.2. The van der Waals surface area contributed by atoms with Gasteiger partial charge in [0.1, 0.15) is 5.69 Å². The summed E-state index contributed by atoms with van der Waals surface area (Å²) in [6, 6.07) is 3.78. The smallest absolute Gasteiger partial charge is 0.293 e. The Bertz CT molecular complexity index is 746. The second-order valence-corrected chi connectivity index (χ2v) is 7.08. The molecule has 3 N–H and O–H groups in total. The lowest BCUT2D eigenvalue weighted by molar-refractivity contribution is -0.384. The molecule has 0 spiro atoms. The summed E-state index contributed by atoms with van der Waals surface area (Å²) in [4.78, 5) is 14.8. The number of hydrogen-bond donors (Lipinski definition) is 3. The van der Waals surface area contributed by atoms with E-state index in [0.29, 0.717) is 32.1 Å². The molecular weight excluding hydrogens is 346 g/mol. The first-order valence-corrected chi connectivity index (χ1v) is 9.54. The molecule has 25 heavy (non-hydrogen) atoms. The van der Waals surface area contributed by atoms with Crippen LogP contribution in [0.1, 0.15) is 6.92 Å². The average Bonchev–Trinajstić information content (AvgIpc) is 2.55. The van der Waals surface area contributed by atoms with Crippen LogP contribution in [0.4, 0.5) is 11.4 Å². The zero-order valence-corrected chi connectivity index (χ0v) is 15.1. The molecule has 0 bridgehead atoms. The van der Waals surface area contributed by atoms with Gasteiger partial charge in [0.05, 0.1) is 16.4 Å². The molecule has 0 fully saturated rings. The Balaban J connectivity index is 2.79. The number of nitro groups is 1. The highest BCUT2D eigenvalue weighted by Gasteiger charge is 2.18. The largest absolute Gasteiger partial charge is 0.378 e. The van der Waals surface area contributed by atoms with Gasteiger partial charge in [-0.2, -0.15) is 0 Å². The number of nitrogens with zero attached hydrogens (tertiary/aromatic N) is 2. The fraction of sp³-hybridized carbons (Fsp3) is 0.400. The van der Waals surface area contributed by atoms with Gasteiger partial charge < -0.3 is 16.0 Å². The van der Waals surface area contributed by atoms with Crippen LogP contribution < -0.4 is 16.0 Å². The summed E-state index contributed by atoms with van der Waals surface area (Å²) < 4.78 is 23.0. The lowest BCUT2D eigenvalue weighted by Gasteiger charge is -2.10. The fourth-order valence-electron chi connectivity index (χ4n) is 1.91. The molecule has 138 valence electrons. The number of anilines is 1. The lowest BCUT2D eigenvalue weighted by Crippen LogP contribution is -2.37. The van der Waals surface area contributed by atoms with Gasteiger partial charge in [-0.05, 0) is 19.1 Å². The molecule has 9 nitrogen and oxygen atoms in total. The number of hydrogen-bond acceptors (Lipinski definition) is 6. The molecule has 0 aliphatic heterocycles. The number of nitro benzene ring substituents is 1. The molecule has 0 radical (unpaired) electrons. The van der Waals surface area contributed by atoms with E-state index in [-0.39, 0.29) is 16.3 Å². The molecule has 0 atom stereocenters. The van der Waals surface area contributed by atoms with E-state index in [2.05, 4.69) is 27.5 Å². The normalized spacial score (nSPS) is 11.7. The summed E-state index contributed by atoms with van der Waals surface area (Å²) in [5.74, 6) is 0.617. The van der Waals surface area contributed by atoms with Gasteiger partial charge in [0, 0.05) is 32.0 Å². The number of nitrogens with one attached hydrogen (secondary N) is 3. The van der Waals surface area contributed by atoms with E-state index in [1.807, 2.05) is 6.92 Å². The molecule has 10 heteroatoms. The van der Waals surface area contributed by atoms with Crippen molar-refractivity contribution in [2.75, 3.05) is 37.8 Å². The Morgan fingerprint density at radius 3 is 2.68 bits per heavy atom. The fourth-order valence-corrected chi connectivity index (χ4v) is 2.55. The van der Waals surface area contributed by atoms with Gasteiger partial charge in [0.15, 0.2) is 15.8 Å². The Kier molecular flexibility index (Phi) is 7.86. The second-order valence-electron chi connectivity index (χ2n) is 5.07. The van der Waals surface area contributed by atoms with E-state index in [0.717, 1.165) is 12.3 Å². The Morgan fingerprint density at radius 1 is 1.40 bits per heavy atom. The van der Waals surface area contributed by atoms with Gasteiger partial charge in [-0.3, -0.25) is 15.1 Å². The van der Waals surface area contributed by atoms with Crippen molar-refractivity contribution in [2.24, 2.45) is 4.99 Å². The summed E-state index contributed by atoms with van der Waals surface area (Å²) in [6.45, 7) is 7.55. The first kappa shape index (κ1) is 20.4. The summed E-state index contributed by atoms with van der Waals surface area (Å²) in [6.07, 6.45) is 2.71. The number of rotatable bonds is 9. The summed E-state index contributed by atoms with van der Waals surface area (Å²) in [5.41, 5.74) is -0.0414. The van der Waals surface area contributed by atoms with Crippen LogP contribution in [0.15, 0.2) is 40.7 Å². The maximum absolute atomic E-state index is 11.5. The SMILES string of the molecule is C=CCNC(=NCCNc1ccc(S(C)(=O)=O)cc1[N+](=O)[O-])NCC. The standard InChI is InChI=1S/C15H23N5O4S/c1-4-8-18-15(16-5-2)19-10-9-17-13-7-6-12(25(3,23)24)11-14(13)20(21)22/h4,6-7,11,17H,1,5,8-10H2,2-3H3,(H2,16,18,19). The summed E-state index contributed by atoms with van der Waals surface area (Å²) >= 11 is 0. The van der Waals surface area contributed by atoms with Gasteiger partial charge in [-0.1, -0.05) is 6.08 Å². The number of guanidine groups is 1. The van der Waals surface area contributed by atoms with Gasteiger partial charge >= 0.3 is 0 Å². The summed E-state index contributed by atoms with van der Waals surface area (Å²) in [5, 5.41) is 20.2. The summed E-state index contributed by atoms with van der Waals surface area (Å²) in [7, 11) is -3.51. The molecule has 1 aromatic carbocycles. The van der Waals surface area contributed by atoms with Crippen molar-refractivity contribution in [1.82, 2.24) is 10.6 Å². The van der Waals surface area contributed by atoms with Crippen molar-refractivity contribution in [2.45, 2.75) is 11.8 Å². The average molecular weight is 369 g/mol. The van der Waals surface area contributed by atoms with E-state index in [4.69, 9.17) is 0 Å². The maximum atomic E-state index is 11.5. The number of benzene rings is 1. The van der Waals surface area contributed by atoms with Crippen LogP contribution in [0, 0.1) is 10.1 Å². The van der Waals surface area contributed by atoms with E-state index in [1.165, 1.54) is 12.1 Å². The third kappa shape index (κ3) is 6.79. The van der Waals surface area contributed by atoms with Crippen LogP contribution in [0.2, 0.25) is 0 Å².